The molecule has 1 unspecified atom stereocenters. The average molecular weight is 498 g/mol. The van der Waals surface area contributed by atoms with Crippen LogP contribution < -0.4 is 13.9 Å². The molecule has 2 aromatic carbocycles. The molecule has 0 aromatic heterocycles. The zero-order valence-electron chi connectivity index (χ0n) is 18.1. The molecule has 0 radical (unpaired) electrons. The van der Waals surface area contributed by atoms with Gasteiger partial charge < -0.3 is 9.64 Å². The minimum Gasteiger partial charge on any atom is -0.495 e. The second-order valence-corrected chi connectivity index (χ2v) is 11.7. The summed E-state index contributed by atoms with van der Waals surface area (Å²) in [6, 6.07) is 10.1. The molecule has 1 atom stereocenters. The van der Waals surface area contributed by atoms with Crippen molar-refractivity contribution in [1.29, 1.82) is 0 Å². The van der Waals surface area contributed by atoms with Crippen LogP contribution in [0, 0.1) is 11.7 Å². The first-order valence-electron chi connectivity index (χ1n) is 10.3. The summed E-state index contributed by atoms with van der Waals surface area (Å²) in [5.41, 5.74) is 0.356. The first-order chi connectivity index (χ1) is 15.6. The van der Waals surface area contributed by atoms with Gasteiger partial charge in [0.05, 0.1) is 30.2 Å². The predicted molar refractivity (Wildman–Crippen MR) is 121 cm³/mol. The van der Waals surface area contributed by atoms with Gasteiger partial charge in [-0.05, 0) is 30.3 Å². The lowest BCUT2D eigenvalue weighted by molar-refractivity contribution is -0.119. The second-order valence-electron chi connectivity index (χ2n) is 7.96. The van der Waals surface area contributed by atoms with Gasteiger partial charge in [0, 0.05) is 26.2 Å². The van der Waals surface area contributed by atoms with Crippen LogP contribution in [0.1, 0.15) is 6.92 Å². The zero-order valence-corrected chi connectivity index (χ0v) is 19.8. The third-order valence-corrected chi connectivity index (χ3v) is 9.58. The molecule has 2 aliphatic heterocycles. The van der Waals surface area contributed by atoms with Crippen molar-refractivity contribution in [1.82, 2.24) is 4.31 Å². The van der Waals surface area contributed by atoms with Gasteiger partial charge in [0.1, 0.15) is 16.5 Å². The van der Waals surface area contributed by atoms with E-state index in [1.807, 2.05) is 0 Å². The first-order valence-corrected chi connectivity index (χ1v) is 13.4. The number of anilines is 2. The van der Waals surface area contributed by atoms with Crippen LogP contribution in [0.4, 0.5) is 15.8 Å². The number of carbonyl (C=O) groups excluding carboxylic acids is 1. The molecule has 2 aliphatic rings. The summed E-state index contributed by atoms with van der Waals surface area (Å²) in [6.45, 7) is 2.26. The lowest BCUT2D eigenvalue weighted by Gasteiger charge is -2.35. The van der Waals surface area contributed by atoms with Gasteiger partial charge in [-0.15, -0.1) is 0 Å². The molecule has 1 amide bonds. The van der Waals surface area contributed by atoms with Gasteiger partial charge in [-0.1, -0.05) is 19.1 Å². The van der Waals surface area contributed by atoms with Gasteiger partial charge in [0.25, 0.3) is 0 Å². The number of halogens is 1. The number of rotatable bonds is 5. The van der Waals surface area contributed by atoms with Crippen LogP contribution in [-0.4, -0.2) is 66.1 Å². The largest absolute Gasteiger partial charge is 0.495 e. The van der Waals surface area contributed by atoms with Gasteiger partial charge >= 0.3 is 0 Å². The molecule has 0 N–H and O–H groups in total. The summed E-state index contributed by atoms with van der Waals surface area (Å²) in [6.07, 6.45) is 0. The highest BCUT2D eigenvalue weighted by atomic mass is 32.2. The fraction of sp³-hybridized carbons (Fsp3) is 0.381. The molecule has 0 saturated carbocycles. The molecule has 0 aliphatic carbocycles. The Hall–Kier alpha value is -2.70. The van der Waals surface area contributed by atoms with Crippen molar-refractivity contribution >= 4 is 37.3 Å². The third-order valence-electron chi connectivity index (χ3n) is 5.79. The SMILES string of the molecule is COc1ccc(N2C(=O)C(C)CS2(=O)=O)cc1S(=O)(=O)N1CCN(c2ccccc2F)CC1. The molecule has 2 aromatic rings. The van der Waals surface area contributed by atoms with Crippen molar-refractivity contribution in [3.8, 4) is 5.75 Å². The number of carbonyl (C=O) groups is 1. The van der Waals surface area contributed by atoms with Crippen LogP contribution in [0.25, 0.3) is 0 Å². The van der Waals surface area contributed by atoms with Crippen LogP contribution >= 0.6 is 0 Å². The van der Waals surface area contributed by atoms with E-state index in [4.69, 9.17) is 4.74 Å². The number of nitrogens with zero attached hydrogens (tertiary/aromatic N) is 3. The lowest BCUT2D eigenvalue weighted by Crippen LogP contribution is -2.49. The summed E-state index contributed by atoms with van der Waals surface area (Å²) < 4.78 is 73.1. The molecular formula is C21H24FN3O6S2. The minimum atomic E-state index is -4.09. The minimum absolute atomic E-state index is 0.0346. The maximum atomic E-state index is 14.1. The molecule has 0 bridgehead atoms. The van der Waals surface area contributed by atoms with Crippen LogP contribution in [0.3, 0.4) is 0 Å². The fourth-order valence-corrected chi connectivity index (χ4v) is 7.51. The van der Waals surface area contributed by atoms with E-state index in [1.54, 1.807) is 23.1 Å². The molecular weight excluding hydrogens is 473 g/mol. The molecule has 2 heterocycles. The highest BCUT2D eigenvalue weighted by Crippen LogP contribution is 2.35. The van der Waals surface area contributed by atoms with Crippen molar-refractivity contribution in [2.45, 2.75) is 11.8 Å². The smallest absolute Gasteiger partial charge is 0.246 e. The normalized spacial score (nSPS) is 21.4. The number of hydrogen-bond acceptors (Lipinski definition) is 7. The number of benzene rings is 2. The topological polar surface area (TPSA) is 104 Å². The Bertz CT molecular complexity index is 1290. The summed E-state index contributed by atoms with van der Waals surface area (Å²) in [4.78, 5) is 14.0. The predicted octanol–water partition coefficient (Wildman–Crippen LogP) is 1.66. The molecule has 178 valence electrons. The van der Waals surface area contributed by atoms with Gasteiger partial charge in [0.2, 0.25) is 26.0 Å². The van der Waals surface area contributed by atoms with Crippen molar-refractivity contribution < 1.29 is 30.8 Å². The fourth-order valence-electron chi connectivity index (χ4n) is 4.10. The highest BCUT2D eigenvalue weighted by molar-refractivity contribution is 7.94. The molecule has 12 heteroatoms. The quantitative estimate of drug-likeness (QED) is 0.619. The molecule has 9 nitrogen and oxygen atoms in total. The van der Waals surface area contributed by atoms with E-state index in [-0.39, 0.29) is 54.1 Å². The first kappa shape index (κ1) is 23.5. The Morgan fingerprint density at radius 1 is 1.06 bits per heavy atom. The Labute approximate surface area is 192 Å². The number of piperazine rings is 1. The molecule has 4 rings (SSSR count). The van der Waals surface area contributed by atoms with Gasteiger partial charge in [0.15, 0.2) is 0 Å². The number of hydrogen-bond donors (Lipinski definition) is 0. The second kappa shape index (κ2) is 8.58. The van der Waals surface area contributed by atoms with Crippen molar-refractivity contribution in [3.63, 3.8) is 0 Å². The van der Waals surface area contributed by atoms with Crippen molar-refractivity contribution in [2.24, 2.45) is 5.92 Å². The van der Waals surface area contributed by atoms with Crippen LogP contribution in [0.5, 0.6) is 5.75 Å². The molecule has 2 fully saturated rings. The lowest BCUT2D eigenvalue weighted by atomic mass is 10.2. The Morgan fingerprint density at radius 3 is 2.30 bits per heavy atom. The van der Waals surface area contributed by atoms with E-state index in [9.17, 15) is 26.0 Å². The monoisotopic (exact) mass is 497 g/mol. The van der Waals surface area contributed by atoms with E-state index in [0.717, 1.165) is 6.07 Å². The Kier molecular flexibility index (Phi) is 6.10. The number of amides is 1. The van der Waals surface area contributed by atoms with Crippen LogP contribution in [-0.2, 0) is 24.8 Å². The third kappa shape index (κ3) is 4.18. The number of sulfonamides is 2. The molecule has 2 saturated heterocycles. The van der Waals surface area contributed by atoms with Gasteiger partial charge in [-0.2, -0.15) is 4.31 Å². The van der Waals surface area contributed by atoms with E-state index >= 15 is 0 Å². The Morgan fingerprint density at radius 2 is 1.73 bits per heavy atom. The average Bonchev–Trinajstić information content (AvgIpc) is 3.00. The highest BCUT2D eigenvalue weighted by Gasteiger charge is 2.43. The maximum Gasteiger partial charge on any atom is 0.246 e. The zero-order chi connectivity index (χ0) is 24.0. The number of ether oxygens (including phenoxy) is 1. The van der Waals surface area contributed by atoms with Gasteiger partial charge in [-0.3, -0.25) is 4.79 Å². The summed E-state index contributed by atoms with van der Waals surface area (Å²) in [7, 11) is -6.67. The van der Waals surface area contributed by atoms with E-state index in [1.165, 1.54) is 36.5 Å². The van der Waals surface area contributed by atoms with E-state index < -0.39 is 31.9 Å². The van der Waals surface area contributed by atoms with Crippen LogP contribution in [0.15, 0.2) is 47.4 Å². The number of para-hydroxylation sites is 1. The summed E-state index contributed by atoms with van der Waals surface area (Å²) in [5.74, 6) is -2.01. The number of methoxy groups -OCH3 is 1. The van der Waals surface area contributed by atoms with Gasteiger partial charge in [-0.25, -0.2) is 25.5 Å². The summed E-state index contributed by atoms with van der Waals surface area (Å²) >= 11 is 0. The maximum absolute atomic E-state index is 14.1. The molecule has 0 spiro atoms. The molecule has 33 heavy (non-hydrogen) atoms. The van der Waals surface area contributed by atoms with E-state index in [0.29, 0.717) is 9.99 Å². The van der Waals surface area contributed by atoms with Crippen molar-refractivity contribution in [3.05, 3.63) is 48.3 Å². The van der Waals surface area contributed by atoms with E-state index in [2.05, 4.69) is 0 Å². The standard InChI is InChI=1S/C21H24FN3O6S2/c1-15-14-32(27,28)25(21(15)26)16-7-8-19(31-2)20(13-16)33(29,30)24-11-9-23(10-12-24)18-6-4-3-5-17(18)22/h3-8,13,15H,9-12,14H2,1-2H3. The Balaban J connectivity index is 1.64. The summed E-state index contributed by atoms with van der Waals surface area (Å²) in [5, 5.41) is 0. The van der Waals surface area contributed by atoms with Crippen LogP contribution in [0.2, 0.25) is 0 Å². The van der Waals surface area contributed by atoms with Crippen molar-refractivity contribution in [2.75, 3.05) is 48.2 Å².